The molecule has 1 aliphatic heterocycles. The van der Waals surface area contributed by atoms with Gasteiger partial charge >= 0.3 is 12.6 Å². The first-order chi connectivity index (χ1) is 10.9. The summed E-state index contributed by atoms with van der Waals surface area (Å²) >= 11 is 0. The molecule has 0 aliphatic carbocycles. The summed E-state index contributed by atoms with van der Waals surface area (Å²) in [5, 5.41) is 2.60. The Bertz CT molecular complexity index is 566. The molecular formula is C15H20F2N3O3+. The molecular weight excluding hydrogens is 308 g/mol. The largest absolute Gasteiger partial charge is 0.435 e. The predicted octanol–water partition coefficient (Wildman–Crippen LogP) is 0.243. The maximum atomic E-state index is 12.3. The molecule has 6 nitrogen and oxygen atoms in total. The summed E-state index contributed by atoms with van der Waals surface area (Å²) in [6.45, 7) is 0.296. The SMILES string of the molecule is C[C@@H](C(=O)N1CCNC1=O)[NH+](C)Cc1ccc(OC(F)F)cc1. The number of ether oxygens (including phenoxy) is 1. The highest BCUT2D eigenvalue weighted by atomic mass is 19.3. The minimum Gasteiger partial charge on any atom is -0.435 e. The molecule has 0 spiro atoms. The number of carbonyl (C=O) groups excluding carboxylic acids is 2. The molecule has 1 fully saturated rings. The number of nitrogens with one attached hydrogen (secondary N) is 2. The van der Waals surface area contributed by atoms with Crippen LogP contribution in [-0.4, -0.2) is 49.6 Å². The second kappa shape index (κ2) is 7.36. The molecule has 0 aromatic heterocycles. The lowest BCUT2D eigenvalue weighted by Crippen LogP contribution is -3.12. The molecule has 2 rings (SSSR count). The molecule has 1 heterocycles. The van der Waals surface area contributed by atoms with E-state index in [1.165, 1.54) is 17.0 Å². The fraction of sp³-hybridized carbons (Fsp3) is 0.467. The minimum atomic E-state index is -2.85. The first-order valence-corrected chi connectivity index (χ1v) is 7.33. The van der Waals surface area contributed by atoms with Crippen molar-refractivity contribution in [3.63, 3.8) is 0 Å². The van der Waals surface area contributed by atoms with Crippen molar-refractivity contribution < 1.29 is 28.0 Å². The van der Waals surface area contributed by atoms with Gasteiger partial charge in [0.05, 0.1) is 7.05 Å². The molecule has 126 valence electrons. The number of quaternary nitrogens is 1. The second-order valence-electron chi connectivity index (χ2n) is 5.49. The van der Waals surface area contributed by atoms with E-state index < -0.39 is 12.7 Å². The molecule has 1 aromatic rings. The van der Waals surface area contributed by atoms with Crippen LogP contribution in [0.4, 0.5) is 13.6 Å². The maximum absolute atomic E-state index is 12.3. The van der Waals surface area contributed by atoms with Crippen molar-refractivity contribution in [1.29, 1.82) is 0 Å². The zero-order chi connectivity index (χ0) is 17.0. The molecule has 1 aliphatic rings. The first-order valence-electron chi connectivity index (χ1n) is 7.33. The van der Waals surface area contributed by atoms with Gasteiger partial charge in [-0.25, -0.2) is 4.79 Å². The van der Waals surface area contributed by atoms with Crippen molar-refractivity contribution in [2.45, 2.75) is 26.1 Å². The van der Waals surface area contributed by atoms with Gasteiger partial charge in [-0.15, -0.1) is 0 Å². The van der Waals surface area contributed by atoms with Gasteiger partial charge in [-0.3, -0.25) is 9.69 Å². The second-order valence-corrected chi connectivity index (χ2v) is 5.49. The lowest BCUT2D eigenvalue weighted by Gasteiger charge is -2.24. The Hall–Kier alpha value is -2.22. The smallest absolute Gasteiger partial charge is 0.387 e. The molecule has 23 heavy (non-hydrogen) atoms. The van der Waals surface area contributed by atoms with Gasteiger partial charge in [0, 0.05) is 18.7 Å². The average Bonchev–Trinajstić information content (AvgIpc) is 2.93. The normalized spacial score (nSPS) is 17.1. The van der Waals surface area contributed by atoms with Gasteiger partial charge in [0.15, 0.2) is 6.04 Å². The molecule has 0 radical (unpaired) electrons. The van der Waals surface area contributed by atoms with Crippen LogP contribution in [0.2, 0.25) is 0 Å². The number of rotatable bonds is 6. The standard InChI is InChI=1S/C15H19F2N3O3/c1-10(13(21)20-8-7-18-15(20)22)19(2)9-11-3-5-12(6-4-11)23-14(16)17/h3-6,10,14H,7-9H2,1-2H3,(H,18,22)/p+1/t10-/m0/s1. The van der Waals surface area contributed by atoms with Gasteiger partial charge in [0.2, 0.25) is 0 Å². The van der Waals surface area contributed by atoms with Gasteiger partial charge in [-0.2, -0.15) is 8.78 Å². The average molecular weight is 328 g/mol. The van der Waals surface area contributed by atoms with Crippen molar-refractivity contribution in [2.24, 2.45) is 0 Å². The summed E-state index contributed by atoms with van der Waals surface area (Å²) in [6, 6.07) is 5.55. The van der Waals surface area contributed by atoms with Crippen molar-refractivity contribution >= 4 is 11.9 Å². The van der Waals surface area contributed by atoms with Crippen LogP contribution in [0.15, 0.2) is 24.3 Å². The third-order valence-corrected chi connectivity index (χ3v) is 3.86. The van der Waals surface area contributed by atoms with Crippen molar-refractivity contribution in [3.05, 3.63) is 29.8 Å². The van der Waals surface area contributed by atoms with Crippen molar-refractivity contribution in [1.82, 2.24) is 10.2 Å². The van der Waals surface area contributed by atoms with E-state index >= 15 is 0 Å². The van der Waals surface area contributed by atoms with E-state index in [-0.39, 0.29) is 17.7 Å². The number of hydrogen-bond donors (Lipinski definition) is 2. The molecule has 1 unspecified atom stereocenters. The van der Waals surface area contributed by atoms with E-state index in [2.05, 4.69) is 10.1 Å². The Balaban J connectivity index is 1.93. The number of alkyl halides is 2. The fourth-order valence-corrected chi connectivity index (χ4v) is 2.39. The van der Waals surface area contributed by atoms with Crippen LogP contribution in [0.25, 0.3) is 0 Å². The van der Waals surface area contributed by atoms with Crippen molar-refractivity contribution in [2.75, 3.05) is 20.1 Å². The summed E-state index contributed by atoms with van der Waals surface area (Å²) in [7, 11) is 1.85. The Morgan fingerprint density at radius 2 is 2.04 bits per heavy atom. The Kier molecular flexibility index (Phi) is 5.49. The molecule has 0 saturated carbocycles. The summed E-state index contributed by atoms with van der Waals surface area (Å²) in [5.74, 6) is -0.130. The zero-order valence-electron chi connectivity index (χ0n) is 13.0. The van der Waals surface area contributed by atoms with Gasteiger partial charge in [-0.1, -0.05) is 0 Å². The monoisotopic (exact) mass is 328 g/mol. The summed E-state index contributed by atoms with van der Waals surface area (Å²) < 4.78 is 28.5. The summed E-state index contributed by atoms with van der Waals surface area (Å²) in [4.78, 5) is 26.0. The van der Waals surface area contributed by atoms with Crippen LogP contribution in [0, 0.1) is 0 Å². The first kappa shape index (κ1) is 17.1. The number of halogens is 2. The predicted molar refractivity (Wildman–Crippen MR) is 78.2 cm³/mol. The fourth-order valence-electron chi connectivity index (χ4n) is 2.39. The van der Waals surface area contributed by atoms with Crippen LogP contribution in [0.5, 0.6) is 5.75 Å². The molecule has 1 saturated heterocycles. The van der Waals surface area contributed by atoms with Crippen LogP contribution in [-0.2, 0) is 11.3 Å². The molecule has 0 bridgehead atoms. The number of urea groups is 1. The molecule has 2 atom stereocenters. The topological polar surface area (TPSA) is 63.1 Å². The van der Waals surface area contributed by atoms with E-state index in [1.807, 2.05) is 7.05 Å². The summed E-state index contributed by atoms with van der Waals surface area (Å²) in [6.07, 6.45) is 0. The van der Waals surface area contributed by atoms with E-state index in [1.54, 1.807) is 19.1 Å². The van der Waals surface area contributed by atoms with E-state index in [9.17, 15) is 18.4 Å². The van der Waals surface area contributed by atoms with Crippen molar-refractivity contribution in [3.8, 4) is 5.75 Å². The van der Waals surface area contributed by atoms with Crippen LogP contribution < -0.4 is 15.0 Å². The van der Waals surface area contributed by atoms with Crippen LogP contribution >= 0.6 is 0 Å². The third kappa shape index (κ3) is 4.38. The van der Waals surface area contributed by atoms with Gasteiger partial charge < -0.3 is 15.0 Å². The highest BCUT2D eigenvalue weighted by molar-refractivity contribution is 5.97. The minimum absolute atomic E-state index is 0.0965. The van der Waals surface area contributed by atoms with Gasteiger partial charge in [0.1, 0.15) is 12.3 Å². The number of likely N-dealkylation sites (N-methyl/N-ethyl adjacent to an activating group) is 1. The quantitative estimate of drug-likeness (QED) is 0.787. The lowest BCUT2D eigenvalue weighted by atomic mass is 10.1. The molecule has 2 N–H and O–H groups in total. The molecule has 1 aromatic carbocycles. The third-order valence-electron chi connectivity index (χ3n) is 3.86. The Morgan fingerprint density at radius 1 is 1.39 bits per heavy atom. The maximum Gasteiger partial charge on any atom is 0.387 e. The Labute approximate surface area is 133 Å². The van der Waals surface area contributed by atoms with Gasteiger partial charge in [-0.05, 0) is 31.2 Å². The number of amides is 3. The van der Waals surface area contributed by atoms with Crippen LogP contribution in [0.1, 0.15) is 12.5 Å². The van der Waals surface area contributed by atoms with Crippen LogP contribution in [0.3, 0.4) is 0 Å². The highest BCUT2D eigenvalue weighted by Crippen LogP contribution is 2.14. The number of imide groups is 1. The van der Waals surface area contributed by atoms with E-state index in [0.717, 1.165) is 10.5 Å². The summed E-state index contributed by atoms with van der Waals surface area (Å²) in [5.41, 5.74) is 0.884. The highest BCUT2D eigenvalue weighted by Gasteiger charge is 2.33. The number of hydrogen-bond acceptors (Lipinski definition) is 3. The number of benzene rings is 1. The number of carbonyl (C=O) groups is 2. The molecule has 8 heteroatoms. The molecule has 3 amide bonds. The lowest BCUT2D eigenvalue weighted by molar-refractivity contribution is -0.908. The number of nitrogens with zero attached hydrogens (tertiary/aromatic N) is 1. The van der Waals surface area contributed by atoms with E-state index in [0.29, 0.717) is 19.6 Å². The Morgan fingerprint density at radius 3 is 2.57 bits per heavy atom. The van der Waals surface area contributed by atoms with E-state index in [4.69, 9.17) is 0 Å². The van der Waals surface area contributed by atoms with Gasteiger partial charge in [0.25, 0.3) is 5.91 Å². The zero-order valence-corrected chi connectivity index (χ0v) is 13.0.